The van der Waals surface area contributed by atoms with E-state index in [1.165, 1.54) is 353 Å². The average Bonchev–Trinajstić information content (AvgIpc) is 3.74. The summed E-state index contributed by atoms with van der Waals surface area (Å²) in [5, 5.41) is 11.9. The Bertz CT molecular complexity index is 1620. The van der Waals surface area contributed by atoms with Gasteiger partial charge in [-0.15, -0.1) is 0 Å². The van der Waals surface area contributed by atoms with Crippen molar-refractivity contribution in [3.63, 3.8) is 0 Å². The second kappa shape index (κ2) is 75.3. The maximum absolute atomic E-state index is 13.0. The van der Waals surface area contributed by atoms with Gasteiger partial charge in [0, 0.05) is 12.8 Å². The zero-order valence-corrected chi connectivity index (χ0v) is 62.9. The van der Waals surface area contributed by atoms with Crippen LogP contribution in [0.15, 0.2) is 36.5 Å². The van der Waals surface area contributed by atoms with E-state index < -0.39 is 24.3 Å². The van der Waals surface area contributed by atoms with Crippen molar-refractivity contribution in [2.45, 2.75) is 437 Å². The number of carboxylic acids is 1. The zero-order chi connectivity index (χ0) is 67.5. The third-order valence-electron chi connectivity index (χ3n) is 18.9. The van der Waals surface area contributed by atoms with Crippen LogP contribution in [0.1, 0.15) is 425 Å². The lowest BCUT2D eigenvalue weighted by atomic mass is 10.0. The van der Waals surface area contributed by atoms with E-state index in [1.807, 2.05) is 21.1 Å². The summed E-state index contributed by atoms with van der Waals surface area (Å²) in [5.41, 5.74) is 0. The molecule has 0 N–H and O–H groups in total. The van der Waals surface area contributed by atoms with Gasteiger partial charge in [-0.1, -0.05) is 378 Å². The lowest BCUT2D eigenvalue weighted by Crippen LogP contribution is -2.44. The number of carbonyl (C=O) groups is 3. The van der Waals surface area contributed by atoms with Gasteiger partial charge in [0.1, 0.15) is 13.2 Å². The molecule has 0 amide bonds. The molecule has 0 saturated carbocycles. The fraction of sp³-hybridized carbons (Fsp3) is 0.893. The number of hydrogen-bond donors (Lipinski definition) is 0. The fourth-order valence-electron chi connectivity index (χ4n) is 12.6. The number of hydrogen-bond acceptors (Lipinski definition) is 8. The van der Waals surface area contributed by atoms with Crippen LogP contribution in [0.25, 0.3) is 0 Å². The molecule has 0 aromatic carbocycles. The Labute approximate surface area is 579 Å². The van der Waals surface area contributed by atoms with Crippen molar-refractivity contribution in [1.29, 1.82) is 0 Å². The van der Waals surface area contributed by atoms with Crippen molar-refractivity contribution in [3.8, 4) is 0 Å². The monoisotopic (exact) mass is 1310 g/mol. The van der Waals surface area contributed by atoms with Crippen LogP contribution in [0.3, 0.4) is 0 Å². The van der Waals surface area contributed by atoms with Gasteiger partial charge in [0.05, 0.1) is 40.3 Å². The minimum absolute atomic E-state index is 0.151. The third-order valence-corrected chi connectivity index (χ3v) is 18.9. The minimum atomic E-state index is -1.62. The number of quaternary nitrogens is 1. The molecule has 0 bridgehead atoms. The number of rotatable bonds is 78. The van der Waals surface area contributed by atoms with Crippen LogP contribution in [0.4, 0.5) is 0 Å². The Morgan fingerprint density at radius 1 is 0.323 bits per heavy atom. The van der Waals surface area contributed by atoms with Crippen LogP contribution in [-0.2, 0) is 33.3 Å². The summed E-state index contributed by atoms with van der Waals surface area (Å²) in [6.45, 7) is 4.82. The van der Waals surface area contributed by atoms with E-state index in [9.17, 15) is 19.5 Å². The molecular formula is C84H159NO8. The molecule has 0 rings (SSSR count). The van der Waals surface area contributed by atoms with E-state index in [2.05, 4.69) is 50.3 Å². The van der Waals surface area contributed by atoms with E-state index in [1.54, 1.807) is 0 Å². The highest BCUT2D eigenvalue weighted by Crippen LogP contribution is 2.20. The maximum Gasteiger partial charge on any atom is 0.306 e. The summed E-state index contributed by atoms with van der Waals surface area (Å²) in [6, 6.07) is 0. The second-order valence-electron chi connectivity index (χ2n) is 29.4. The van der Waals surface area contributed by atoms with E-state index in [-0.39, 0.29) is 32.2 Å². The number of aliphatic carboxylic acids is 1. The largest absolute Gasteiger partial charge is 0.545 e. The van der Waals surface area contributed by atoms with Crippen molar-refractivity contribution in [2.75, 3.05) is 47.5 Å². The molecule has 0 aliphatic carbocycles. The standard InChI is InChI=1S/C84H159NO8/c1-6-8-10-12-14-16-18-20-22-24-26-28-30-32-34-36-38-40-41-43-45-47-49-51-53-55-57-59-61-63-65-67-69-71-73-75-82(87)93-80(79-92-84(83(88)89)90-77-76-85(3,4)5)78-91-81(86)74-72-70-68-66-64-62-60-58-56-54-52-50-48-46-44-42-39-37-35-33-31-29-27-25-23-21-19-17-15-13-11-9-7-2/h18,20,24-27,80,84H,6-17,19,21-23,28-79H2,1-5H3/b20-18-,26-24-,27-25-. The molecule has 548 valence electrons. The first kappa shape index (κ1) is 90.5. The lowest BCUT2D eigenvalue weighted by Gasteiger charge is -2.26. The minimum Gasteiger partial charge on any atom is -0.545 e. The Morgan fingerprint density at radius 3 is 0.860 bits per heavy atom. The molecule has 0 aliphatic heterocycles. The van der Waals surface area contributed by atoms with Gasteiger partial charge in [0.2, 0.25) is 0 Å². The topological polar surface area (TPSA) is 111 Å². The molecule has 0 spiro atoms. The molecule has 0 heterocycles. The van der Waals surface area contributed by atoms with Gasteiger partial charge in [-0.3, -0.25) is 9.59 Å². The normalized spacial score (nSPS) is 12.7. The van der Waals surface area contributed by atoms with Gasteiger partial charge < -0.3 is 33.3 Å². The number of likely N-dealkylation sites (N-methyl/N-ethyl adjacent to an activating group) is 1. The summed E-state index contributed by atoms with van der Waals surface area (Å²) in [6.07, 6.45) is 94.3. The zero-order valence-electron chi connectivity index (χ0n) is 62.9. The second-order valence-corrected chi connectivity index (χ2v) is 29.4. The summed E-state index contributed by atoms with van der Waals surface area (Å²) in [4.78, 5) is 37.6. The predicted octanol–water partition coefficient (Wildman–Crippen LogP) is 24.9. The molecule has 0 fully saturated rings. The number of carboxylic acid groups (broad SMARTS) is 1. The van der Waals surface area contributed by atoms with Crippen molar-refractivity contribution in [2.24, 2.45) is 0 Å². The molecule has 93 heavy (non-hydrogen) atoms. The van der Waals surface area contributed by atoms with E-state index in [0.29, 0.717) is 17.4 Å². The molecule has 9 nitrogen and oxygen atoms in total. The van der Waals surface area contributed by atoms with Gasteiger partial charge >= 0.3 is 11.9 Å². The smallest absolute Gasteiger partial charge is 0.306 e. The van der Waals surface area contributed by atoms with Crippen molar-refractivity contribution in [3.05, 3.63) is 36.5 Å². The highest BCUT2D eigenvalue weighted by molar-refractivity contribution is 5.70. The van der Waals surface area contributed by atoms with Gasteiger partial charge in [-0.05, 0) is 70.6 Å². The Kier molecular flexibility index (Phi) is 73.3. The summed E-state index contributed by atoms with van der Waals surface area (Å²) in [7, 11) is 5.95. The maximum atomic E-state index is 13.0. The molecule has 0 saturated heterocycles. The highest BCUT2D eigenvalue weighted by Gasteiger charge is 2.22. The lowest BCUT2D eigenvalue weighted by molar-refractivity contribution is -0.870. The molecule has 9 heteroatoms. The van der Waals surface area contributed by atoms with Crippen LogP contribution in [0, 0.1) is 0 Å². The van der Waals surface area contributed by atoms with Gasteiger partial charge in [0.25, 0.3) is 0 Å². The third kappa shape index (κ3) is 76.7. The Balaban J connectivity index is 3.95. The van der Waals surface area contributed by atoms with E-state index in [0.717, 1.165) is 44.9 Å². The number of allylic oxidation sites excluding steroid dienone is 6. The predicted molar refractivity (Wildman–Crippen MR) is 399 cm³/mol. The van der Waals surface area contributed by atoms with Crippen LogP contribution in [-0.4, -0.2) is 82.3 Å². The Morgan fingerprint density at radius 2 is 0.581 bits per heavy atom. The van der Waals surface area contributed by atoms with Crippen LogP contribution < -0.4 is 5.11 Å². The van der Waals surface area contributed by atoms with Crippen LogP contribution >= 0.6 is 0 Å². The van der Waals surface area contributed by atoms with Gasteiger partial charge in [-0.2, -0.15) is 0 Å². The number of nitrogens with zero attached hydrogens (tertiary/aromatic N) is 1. The fourth-order valence-corrected chi connectivity index (χ4v) is 12.6. The molecule has 0 aromatic heterocycles. The van der Waals surface area contributed by atoms with Gasteiger partial charge in [-0.25, -0.2) is 0 Å². The van der Waals surface area contributed by atoms with Crippen LogP contribution in [0.2, 0.25) is 0 Å². The first-order valence-corrected chi connectivity index (χ1v) is 41.1. The number of unbranched alkanes of at least 4 members (excludes halogenated alkanes) is 57. The van der Waals surface area contributed by atoms with Crippen molar-refractivity contribution >= 4 is 17.9 Å². The SMILES string of the molecule is CCCCCCC/C=C\C/C=C\CCCCCCCCCCCCCCCCCCCCCCCCCC(=O)OC(COC(=O)CCCCCCCCCCCCCCCCCCCCCCC/C=C\CCCCCCCCCC)COC(OCC[N+](C)(C)C)C(=O)[O-]. The summed E-state index contributed by atoms with van der Waals surface area (Å²) in [5.74, 6) is -2.25. The molecule has 2 unspecified atom stereocenters. The first-order chi connectivity index (χ1) is 45.6. The van der Waals surface area contributed by atoms with Crippen molar-refractivity contribution < 1.29 is 42.9 Å². The molecule has 0 aromatic rings. The first-order valence-electron chi connectivity index (χ1n) is 41.1. The highest BCUT2D eigenvalue weighted by atomic mass is 16.7. The average molecular weight is 1310 g/mol. The number of ether oxygens (including phenoxy) is 4. The quantitative estimate of drug-likeness (QED) is 0.0195. The molecular weight excluding hydrogens is 1150 g/mol. The number of carbonyl (C=O) groups excluding carboxylic acids is 3. The number of esters is 2. The van der Waals surface area contributed by atoms with E-state index >= 15 is 0 Å². The Hall–Kier alpha value is -2.49. The van der Waals surface area contributed by atoms with Gasteiger partial charge in [0.15, 0.2) is 12.4 Å². The summed E-state index contributed by atoms with van der Waals surface area (Å²) < 4.78 is 22.9. The summed E-state index contributed by atoms with van der Waals surface area (Å²) >= 11 is 0. The van der Waals surface area contributed by atoms with Crippen LogP contribution in [0.5, 0.6) is 0 Å². The molecule has 0 aliphatic rings. The molecule has 2 atom stereocenters. The molecule has 0 radical (unpaired) electrons. The van der Waals surface area contributed by atoms with E-state index in [4.69, 9.17) is 18.9 Å². The van der Waals surface area contributed by atoms with Crippen molar-refractivity contribution in [1.82, 2.24) is 0 Å².